The van der Waals surface area contributed by atoms with E-state index in [1.807, 2.05) is 24.5 Å². The number of benzene rings is 1. The molecule has 29 heavy (non-hydrogen) atoms. The third-order valence-electron chi connectivity index (χ3n) is 6.35. The zero-order chi connectivity index (χ0) is 20.1. The summed E-state index contributed by atoms with van der Waals surface area (Å²) in [7, 11) is 2.06. The van der Waals surface area contributed by atoms with Crippen molar-refractivity contribution < 1.29 is 9.13 Å². The van der Waals surface area contributed by atoms with Crippen LogP contribution in [0.2, 0.25) is 0 Å². The van der Waals surface area contributed by atoms with Gasteiger partial charge in [-0.1, -0.05) is 18.2 Å². The highest BCUT2D eigenvalue weighted by molar-refractivity contribution is 5.17. The highest BCUT2D eigenvalue weighted by atomic mass is 19.1. The zero-order valence-corrected chi connectivity index (χ0v) is 17.5. The van der Waals surface area contributed by atoms with Gasteiger partial charge in [0.15, 0.2) is 0 Å². The van der Waals surface area contributed by atoms with E-state index in [2.05, 4.69) is 26.4 Å². The van der Waals surface area contributed by atoms with Crippen LogP contribution in [0.1, 0.15) is 37.1 Å². The Balaban J connectivity index is 1.30. The minimum atomic E-state index is -0.0903. The molecule has 2 aromatic rings. The van der Waals surface area contributed by atoms with E-state index in [9.17, 15) is 4.39 Å². The van der Waals surface area contributed by atoms with E-state index in [1.165, 1.54) is 6.42 Å². The van der Waals surface area contributed by atoms with E-state index in [0.717, 1.165) is 70.0 Å². The van der Waals surface area contributed by atoms with Gasteiger partial charge in [0.25, 0.3) is 0 Å². The molecule has 3 heterocycles. The molecule has 0 radical (unpaired) electrons. The molecule has 0 amide bonds. The van der Waals surface area contributed by atoms with Crippen molar-refractivity contribution in [2.75, 3.05) is 32.8 Å². The number of rotatable bonds is 8. The number of nitrogens with zero attached hydrogens (tertiary/aromatic N) is 4. The van der Waals surface area contributed by atoms with Crippen LogP contribution in [-0.2, 0) is 24.9 Å². The maximum atomic E-state index is 13.9. The lowest BCUT2D eigenvalue weighted by molar-refractivity contribution is 0.0556. The lowest BCUT2D eigenvalue weighted by Gasteiger charge is -2.35. The number of imidazole rings is 1. The molecule has 2 aliphatic heterocycles. The molecule has 2 aliphatic rings. The Morgan fingerprint density at radius 3 is 2.69 bits per heavy atom. The number of aromatic nitrogens is 2. The molecule has 1 aromatic carbocycles. The molecule has 2 saturated heterocycles. The number of hydrogen-bond donors (Lipinski definition) is 0. The minimum Gasteiger partial charge on any atom is -0.377 e. The molecule has 1 atom stereocenters. The summed E-state index contributed by atoms with van der Waals surface area (Å²) >= 11 is 0. The maximum absolute atomic E-state index is 13.9. The molecule has 2 fully saturated rings. The summed E-state index contributed by atoms with van der Waals surface area (Å²) in [5, 5.41) is 0. The van der Waals surface area contributed by atoms with E-state index >= 15 is 0 Å². The number of piperidine rings is 1. The molecule has 0 aliphatic carbocycles. The van der Waals surface area contributed by atoms with Crippen LogP contribution >= 0.6 is 0 Å². The maximum Gasteiger partial charge on any atom is 0.127 e. The van der Waals surface area contributed by atoms with Crippen LogP contribution in [-0.4, -0.2) is 58.2 Å². The number of ether oxygens (including phenoxy) is 1. The minimum absolute atomic E-state index is 0.0903. The van der Waals surface area contributed by atoms with Crippen molar-refractivity contribution in [3.8, 4) is 0 Å². The molecule has 1 unspecified atom stereocenters. The summed E-state index contributed by atoms with van der Waals surface area (Å²) in [5.74, 6) is 1.70. The average Bonchev–Trinajstić information content (AvgIpc) is 3.37. The van der Waals surface area contributed by atoms with Gasteiger partial charge in [0.2, 0.25) is 0 Å². The second-order valence-electron chi connectivity index (χ2n) is 8.59. The number of halogens is 1. The molecule has 1 aromatic heterocycles. The van der Waals surface area contributed by atoms with Crippen molar-refractivity contribution in [3.63, 3.8) is 0 Å². The summed E-state index contributed by atoms with van der Waals surface area (Å²) < 4.78 is 22.0. The van der Waals surface area contributed by atoms with E-state index < -0.39 is 0 Å². The molecule has 0 N–H and O–H groups in total. The largest absolute Gasteiger partial charge is 0.377 e. The summed E-state index contributed by atoms with van der Waals surface area (Å²) in [4.78, 5) is 9.45. The second kappa shape index (κ2) is 9.83. The SMILES string of the molecule is Cn1ccnc1CN(CC1CCN(Cc2ccccc2F)CC1)CC1CCCO1. The summed E-state index contributed by atoms with van der Waals surface area (Å²) in [6.07, 6.45) is 8.92. The van der Waals surface area contributed by atoms with Gasteiger partial charge in [-0.05, 0) is 50.8 Å². The van der Waals surface area contributed by atoms with Crippen LogP contribution in [0.3, 0.4) is 0 Å². The van der Waals surface area contributed by atoms with Gasteiger partial charge in [0.05, 0.1) is 12.6 Å². The predicted octanol–water partition coefficient (Wildman–Crippen LogP) is 3.45. The lowest BCUT2D eigenvalue weighted by atomic mass is 9.95. The van der Waals surface area contributed by atoms with Crippen LogP contribution in [0, 0.1) is 11.7 Å². The van der Waals surface area contributed by atoms with Gasteiger partial charge in [-0.2, -0.15) is 0 Å². The molecule has 0 bridgehead atoms. The molecular weight excluding hydrogens is 367 g/mol. The number of likely N-dealkylation sites (tertiary alicyclic amines) is 1. The molecule has 5 nitrogen and oxygen atoms in total. The van der Waals surface area contributed by atoms with Crippen molar-refractivity contribution in [1.29, 1.82) is 0 Å². The summed E-state index contributed by atoms with van der Waals surface area (Å²) in [6, 6.07) is 7.14. The number of aryl methyl sites for hydroxylation is 1. The molecule has 0 saturated carbocycles. The van der Waals surface area contributed by atoms with Gasteiger partial charge in [0.1, 0.15) is 11.6 Å². The average molecular weight is 401 g/mol. The summed E-state index contributed by atoms with van der Waals surface area (Å²) in [6.45, 7) is 6.63. The standard InChI is InChI=1S/C23H33FN4O/c1-26-13-10-25-23(26)18-28(17-21-6-4-14-29-21)15-19-8-11-27(12-9-19)16-20-5-2-3-7-22(20)24/h2-3,5,7,10,13,19,21H,4,6,8-9,11-12,14-18H2,1H3. The van der Waals surface area contributed by atoms with Crippen molar-refractivity contribution >= 4 is 0 Å². The first-order chi connectivity index (χ1) is 14.2. The Morgan fingerprint density at radius 1 is 1.17 bits per heavy atom. The van der Waals surface area contributed by atoms with Crippen molar-refractivity contribution in [2.24, 2.45) is 13.0 Å². The van der Waals surface area contributed by atoms with Crippen LogP contribution in [0.25, 0.3) is 0 Å². The van der Waals surface area contributed by atoms with Crippen molar-refractivity contribution in [1.82, 2.24) is 19.4 Å². The topological polar surface area (TPSA) is 33.5 Å². The molecule has 158 valence electrons. The first kappa shape index (κ1) is 20.5. The van der Waals surface area contributed by atoms with Gasteiger partial charge < -0.3 is 9.30 Å². The molecular formula is C23H33FN4O. The lowest BCUT2D eigenvalue weighted by Crippen LogP contribution is -2.41. The molecule has 0 spiro atoms. The van der Waals surface area contributed by atoms with Gasteiger partial charge in [-0.3, -0.25) is 9.80 Å². The van der Waals surface area contributed by atoms with E-state index in [-0.39, 0.29) is 5.82 Å². The Kier molecular flexibility index (Phi) is 6.95. The van der Waals surface area contributed by atoms with Crippen LogP contribution in [0.4, 0.5) is 4.39 Å². The third-order valence-corrected chi connectivity index (χ3v) is 6.35. The summed E-state index contributed by atoms with van der Waals surface area (Å²) in [5.41, 5.74) is 0.806. The van der Waals surface area contributed by atoms with E-state index in [1.54, 1.807) is 12.1 Å². The van der Waals surface area contributed by atoms with Gasteiger partial charge >= 0.3 is 0 Å². The fourth-order valence-electron chi connectivity index (χ4n) is 4.59. The quantitative estimate of drug-likeness (QED) is 0.680. The predicted molar refractivity (Wildman–Crippen MR) is 112 cm³/mol. The van der Waals surface area contributed by atoms with Crippen molar-refractivity contribution in [2.45, 2.75) is 44.9 Å². The van der Waals surface area contributed by atoms with E-state index in [4.69, 9.17) is 4.74 Å². The monoisotopic (exact) mass is 400 g/mol. The van der Waals surface area contributed by atoms with Crippen LogP contribution in [0.15, 0.2) is 36.7 Å². The van der Waals surface area contributed by atoms with Crippen LogP contribution in [0.5, 0.6) is 0 Å². The first-order valence-corrected chi connectivity index (χ1v) is 10.9. The molecule has 4 rings (SSSR count). The molecule has 6 heteroatoms. The van der Waals surface area contributed by atoms with E-state index in [0.29, 0.717) is 18.6 Å². The smallest absolute Gasteiger partial charge is 0.127 e. The zero-order valence-electron chi connectivity index (χ0n) is 17.5. The fraction of sp³-hybridized carbons (Fsp3) is 0.609. The normalized spacial score (nSPS) is 21.3. The second-order valence-corrected chi connectivity index (χ2v) is 8.59. The Labute approximate surface area is 173 Å². The van der Waals surface area contributed by atoms with Gasteiger partial charge in [-0.25, -0.2) is 9.37 Å². The highest BCUT2D eigenvalue weighted by Crippen LogP contribution is 2.23. The van der Waals surface area contributed by atoms with Crippen LogP contribution < -0.4 is 0 Å². The van der Waals surface area contributed by atoms with Crippen molar-refractivity contribution in [3.05, 3.63) is 53.9 Å². The van der Waals surface area contributed by atoms with Gasteiger partial charge in [0, 0.05) is 51.2 Å². The first-order valence-electron chi connectivity index (χ1n) is 10.9. The fourth-order valence-corrected chi connectivity index (χ4v) is 4.59. The third kappa shape index (κ3) is 5.65. The Bertz CT molecular complexity index is 766. The Morgan fingerprint density at radius 2 is 2.00 bits per heavy atom. The van der Waals surface area contributed by atoms with Gasteiger partial charge in [-0.15, -0.1) is 0 Å². The number of hydrogen-bond acceptors (Lipinski definition) is 4. The Hall–Kier alpha value is -1.76. The highest BCUT2D eigenvalue weighted by Gasteiger charge is 2.25.